The maximum atomic E-state index is 13.7. The Hall–Kier alpha value is -2.89. The predicted octanol–water partition coefficient (Wildman–Crippen LogP) is 4.75. The molecule has 0 spiro atoms. The topological polar surface area (TPSA) is 70.8 Å². The first-order valence-electron chi connectivity index (χ1n) is 11.3. The molecule has 2 aromatic rings. The molecule has 2 aliphatic rings. The summed E-state index contributed by atoms with van der Waals surface area (Å²) < 4.78 is 5.48. The van der Waals surface area contributed by atoms with Crippen molar-refractivity contribution < 1.29 is 18.8 Å². The molecule has 1 aromatic carbocycles. The van der Waals surface area contributed by atoms with Gasteiger partial charge in [0.2, 0.25) is 11.8 Å². The minimum atomic E-state index is -0.836. The van der Waals surface area contributed by atoms with Crippen molar-refractivity contribution in [2.75, 3.05) is 4.90 Å². The monoisotopic (exact) mass is 436 g/mol. The number of nitrogens with zero attached hydrogens (tertiary/aromatic N) is 2. The van der Waals surface area contributed by atoms with Crippen LogP contribution < -0.4 is 4.90 Å². The van der Waals surface area contributed by atoms with Crippen LogP contribution in [0.2, 0.25) is 0 Å². The summed E-state index contributed by atoms with van der Waals surface area (Å²) in [5, 5.41) is 0. The third-order valence-electron chi connectivity index (χ3n) is 7.77. The first kappa shape index (κ1) is 22.3. The highest BCUT2D eigenvalue weighted by atomic mass is 16.3. The molecule has 2 heterocycles. The summed E-state index contributed by atoms with van der Waals surface area (Å²) in [6.45, 7) is 12.6. The van der Waals surface area contributed by atoms with Gasteiger partial charge in [0.15, 0.2) is 0 Å². The summed E-state index contributed by atoms with van der Waals surface area (Å²) in [5.41, 5.74) is 1.33. The van der Waals surface area contributed by atoms with Gasteiger partial charge in [-0.2, -0.15) is 0 Å². The van der Waals surface area contributed by atoms with Gasteiger partial charge in [-0.25, -0.2) is 4.90 Å². The van der Waals surface area contributed by atoms with Crippen LogP contribution in [0.5, 0.6) is 0 Å². The lowest BCUT2D eigenvalue weighted by Gasteiger charge is -2.28. The number of carbonyl (C=O) groups is 3. The molecular formula is C26H32N2O4. The quantitative estimate of drug-likeness (QED) is 0.613. The van der Waals surface area contributed by atoms with Crippen LogP contribution in [0.25, 0.3) is 0 Å². The number of anilines is 1. The van der Waals surface area contributed by atoms with Gasteiger partial charge in [0.25, 0.3) is 5.91 Å². The molecule has 0 N–H and O–H groups in total. The molecule has 0 radical (unpaired) electrons. The summed E-state index contributed by atoms with van der Waals surface area (Å²) in [6, 6.07) is 10.2. The lowest BCUT2D eigenvalue weighted by Crippen LogP contribution is -2.46. The van der Waals surface area contributed by atoms with E-state index in [1.807, 2.05) is 12.1 Å². The molecule has 3 amide bonds. The van der Waals surface area contributed by atoms with E-state index in [1.54, 1.807) is 35.4 Å². The number of furan rings is 1. The van der Waals surface area contributed by atoms with E-state index in [9.17, 15) is 14.4 Å². The van der Waals surface area contributed by atoms with Gasteiger partial charge in [0, 0.05) is 5.92 Å². The smallest absolute Gasteiger partial charge is 0.257 e. The molecule has 4 rings (SSSR count). The second kappa shape index (κ2) is 7.61. The summed E-state index contributed by atoms with van der Waals surface area (Å²) in [6.07, 6.45) is 1.53. The Morgan fingerprint density at radius 1 is 1.09 bits per heavy atom. The molecule has 32 heavy (non-hydrogen) atoms. The fourth-order valence-electron chi connectivity index (χ4n) is 5.03. The van der Waals surface area contributed by atoms with Crippen molar-refractivity contribution in [1.82, 2.24) is 4.90 Å². The molecule has 2 fully saturated rings. The fourth-order valence-corrected chi connectivity index (χ4v) is 5.03. The molecule has 1 saturated carbocycles. The number of imide groups is 1. The second-order valence-corrected chi connectivity index (χ2v) is 10.5. The van der Waals surface area contributed by atoms with Crippen molar-refractivity contribution in [3.63, 3.8) is 0 Å². The molecule has 1 atom stereocenters. The Bertz CT molecular complexity index is 1020. The van der Waals surface area contributed by atoms with Gasteiger partial charge in [-0.05, 0) is 46.6 Å². The van der Waals surface area contributed by atoms with Gasteiger partial charge >= 0.3 is 0 Å². The first-order chi connectivity index (χ1) is 15.0. The van der Waals surface area contributed by atoms with E-state index in [2.05, 4.69) is 41.5 Å². The molecular weight excluding hydrogens is 404 g/mol. The summed E-state index contributed by atoms with van der Waals surface area (Å²) >= 11 is 0. The van der Waals surface area contributed by atoms with Gasteiger partial charge < -0.3 is 9.32 Å². The molecule has 0 bridgehead atoms. The van der Waals surface area contributed by atoms with Crippen LogP contribution >= 0.6 is 0 Å². The van der Waals surface area contributed by atoms with Crippen LogP contribution in [-0.4, -0.2) is 28.7 Å². The van der Waals surface area contributed by atoms with Crippen molar-refractivity contribution in [3.8, 4) is 0 Å². The first-order valence-corrected chi connectivity index (χ1v) is 11.3. The Morgan fingerprint density at radius 3 is 2.22 bits per heavy atom. The van der Waals surface area contributed by atoms with Crippen molar-refractivity contribution >= 4 is 23.4 Å². The van der Waals surface area contributed by atoms with Crippen molar-refractivity contribution in [3.05, 3.63) is 54.0 Å². The van der Waals surface area contributed by atoms with Crippen molar-refractivity contribution in [1.29, 1.82) is 0 Å². The lowest BCUT2D eigenvalue weighted by atomic mass is 10.0. The minimum absolute atomic E-state index is 0.0230. The highest BCUT2D eigenvalue weighted by Gasteiger charge is 2.69. The summed E-state index contributed by atoms with van der Waals surface area (Å²) in [7, 11) is 0. The number of benzene rings is 1. The molecule has 1 unspecified atom stereocenters. The highest BCUT2D eigenvalue weighted by Crippen LogP contribution is 2.69. The zero-order chi connectivity index (χ0) is 23.4. The predicted molar refractivity (Wildman–Crippen MR) is 122 cm³/mol. The highest BCUT2D eigenvalue weighted by molar-refractivity contribution is 6.23. The van der Waals surface area contributed by atoms with E-state index in [1.165, 1.54) is 4.90 Å². The minimum Gasteiger partial charge on any atom is -0.467 e. The number of amides is 3. The zero-order valence-corrected chi connectivity index (χ0v) is 19.7. The van der Waals surface area contributed by atoms with Crippen LogP contribution in [-0.2, 0) is 20.9 Å². The van der Waals surface area contributed by atoms with E-state index in [-0.39, 0.29) is 47.4 Å². The number of hydrogen-bond donors (Lipinski definition) is 0. The third-order valence-corrected chi connectivity index (χ3v) is 7.77. The Kier molecular flexibility index (Phi) is 5.30. The van der Waals surface area contributed by atoms with Crippen molar-refractivity contribution in [2.24, 2.45) is 16.7 Å². The number of hydrogen-bond acceptors (Lipinski definition) is 4. The van der Waals surface area contributed by atoms with Gasteiger partial charge in [-0.15, -0.1) is 0 Å². The van der Waals surface area contributed by atoms with Crippen LogP contribution in [0, 0.1) is 16.7 Å². The number of carbonyl (C=O) groups excluding carboxylic acids is 3. The van der Waals surface area contributed by atoms with Gasteiger partial charge in [-0.1, -0.05) is 53.7 Å². The molecule has 1 aliphatic heterocycles. The van der Waals surface area contributed by atoms with Gasteiger partial charge in [0.1, 0.15) is 11.8 Å². The van der Waals surface area contributed by atoms with Gasteiger partial charge in [0.05, 0.1) is 24.9 Å². The molecule has 6 heteroatoms. The third kappa shape index (κ3) is 3.46. The molecule has 1 saturated heterocycles. The maximum absolute atomic E-state index is 13.7. The molecule has 170 valence electrons. The maximum Gasteiger partial charge on any atom is 0.257 e. The normalized spacial score (nSPS) is 22.0. The van der Waals surface area contributed by atoms with Crippen LogP contribution in [0.4, 0.5) is 5.69 Å². The van der Waals surface area contributed by atoms with E-state index >= 15 is 0 Å². The molecule has 1 aromatic heterocycles. The van der Waals surface area contributed by atoms with Crippen LogP contribution in [0.15, 0.2) is 47.1 Å². The molecule has 1 aliphatic carbocycles. The fraction of sp³-hybridized carbons (Fsp3) is 0.500. The van der Waals surface area contributed by atoms with Crippen LogP contribution in [0.1, 0.15) is 65.2 Å². The van der Waals surface area contributed by atoms with E-state index in [0.29, 0.717) is 17.4 Å². The number of rotatable bonds is 6. The summed E-state index contributed by atoms with van der Waals surface area (Å²) in [4.78, 5) is 42.8. The largest absolute Gasteiger partial charge is 0.467 e. The Morgan fingerprint density at radius 2 is 1.72 bits per heavy atom. The SMILES string of the molecule is CC(C)c1ccc(N2C(=O)CC(N(Cc3ccco3)C(=O)C3C(C)(C)C3(C)C)C2=O)cc1. The summed E-state index contributed by atoms with van der Waals surface area (Å²) in [5.74, 6) is -0.0119. The second-order valence-electron chi connectivity index (χ2n) is 10.5. The standard InChI is InChI=1S/C26H32N2O4/c1-16(2)17-9-11-18(12-10-17)28-21(29)14-20(23(28)30)27(15-19-8-7-13-32-19)24(31)22-25(3,4)26(22,5)6/h7-13,16,20,22H,14-15H2,1-6H3. The molecule has 6 nitrogen and oxygen atoms in total. The van der Waals surface area contributed by atoms with E-state index < -0.39 is 6.04 Å². The average molecular weight is 437 g/mol. The van der Waals surface area contributed by atoms with E-state index in [4.69, 9.17) is 4.42 Å². The van der Waals surface area contributed by atoms with Crippen LogP contribution in [0.3, 0.4) is 0 Å². The lowest BCUT2D eigenvalue weighted by molar-refractivity contribution is -0.141. The van der Waals surface area contributed by atoms with Crippen molar-refractivity contribution in [2.45, 2.75) is 66.5 Å². The Balaban J connectivity index is 1.63. The zero-order valence-electron chi connectivity index (χ0n) is 19.7. The Labute approximate surface area is 189 Å². The van der Waals surface area contributed by atoms with E-state index in [0.717, 1.165) is 5.56 Å². The average Bonchev–Trinajstić information content (AvgIpc) is 3.14. The van der Waals surface area contributed by atoms with Gasteiger partial charge in [-0.3, -0.25) is 14.4 Å².